The highest BCUT2D eigenvalue weighted by Crippen LogP contribution is 2.21. The first-order valence-corrected chi connectivity index (χ1v) is 5.55. The van der Waals surface area contributed by atoms with Gasteiger partial charge in [0, 0.05) is 6.54 Å². The molecule has 0 aromatic carbocycles. The molecule has 0 aromatic heterocycles. The Morgan fingerprint density at radius 3 is 2.87 bits per heavy atom. The molecule has 0 saturated carbocycles. The van der Waals surface area contributed by atoms with Gasteiger partial charge in [-0.25, -0.2) is 0 Å². The molecule has 1 aliphatic rings. The van der Waals surface area contributed by atoms with E-state index in [1.165, 1.54) is 0 Å². The lowest BCUT2D eigenvalue weighted by molar-refractivity contribution is -0.132. The molecule has 1 amide bonds. The SMILES string of the molecule is C#CC(C)(C)N1CCC(NCCC)C1=O. The van der Waals surface area contributed by atoms with Gasteiger partial charge < -0.3 is 10.2 Å². The summed E-state index contributed by atoms with van der Waals surface area (Å²) < 4.78 is 0. The van der Waals surface area contributed by atoms with Crippen molar-refractivity contribution in [3.05, 3.63) is 0 Å². The number of terminal acetylenes is 1. The van der Waals surface area contributed by atoms with Crippen LogP contribution in [0.5, 0.6) is 0 Å². The molecular weight excluding hydrogens is 188 g/mol. The minimum atomic E-state index is -0.459. The van der Waals surface area contributed by atoms with Crippen LogP contribution in [0.4, 0.5) is 0 Å². The quantitative estimate of drug-likeness (QED) is 0.699. The van der Waals surface area contributed by atoms with Crippen LogP contribution in [-0.2, 0) is 4.79 Å². The Bertz CT molecular complexity index is 278. The summed E-state index contributed by atoms with van der Waals surface area (Å²) in [5, 5.41) is 3.25. The zero-order valence-electron chi connectivity index (χ0n) is 9.84. The number of hydrogen-bond donors (Lipinski definition) is 1. The zero-order valence-corrected chi connectivity index (χ0v) is 9.84. The second-order valence-corrected chi connectivity index (χ2v) is 4.49. The molecule has 1 unspecified atom stereocenters. The largest absolute Gasteiger partial charge is 0.325 e. The van der Waals surface area contributed by atoms with E-state index in [0.717, 1.165) is 25.9 Å². The Balaban J connectivity index is 2.61. The van der Waals surface area contributed by atoms with E-state index in [0.29, 0.717) is 0 Å². The minimum Gasteiger partial charge on any atom is -0.325 e. The summed E-state index contributed by atoms with van der Waals surface area (Å²) in [5.41, 5.74) is -0.459. The molecule has 0 aliphatic carbocycles. The van der Waals surface area contributed by atoms with Crippen molar-refractivity contribution in [2.24, 2.45) is 0 Å². The summed E-state index contributed by atoms with van der Waals surface area (Å²) >= 11 is 0. The highest BCUT2D eigenvalue weighted by Gasteiger charge is 2.38. The van der Waals surface area contributed by atoms with Gasteiger partial charge in [0.2, 0.25) is 5.91 Å². The molecule has 0 aromatic rings. The van der Waals surface area contributed by atoms with Crippen molar-refractivity contribution in [1.29, 1.82) is 0 Å². The third-order valence-electron chi connectivity index (χ3n) is 2.87. The number of likely N-dealkylation sites (tertiary alicyclic amines) is 1. The molecule has 3 nitrogen and oxygen atoms in total. The van der Waals surface area contributed by atoms with E-state index < -0.39 is 5.54 Å². The molecule has 1 N–H and O–H groups in total. The lowest BCUT2D eigenvalue weighted by atomic mass is 10.1. The summed E-state index contributed by atoms with van der Waals surface area (Å²) in [6.45, 7) is 7.56. The monoisotopic (exact) mass is 208 g/mol. The van der Waals surface area contributed by atoms with Crippen molar-refractivity contribution in [2.45, 2.75) is 45.2 Å². The first kappa shape index (κ1) is 12.1. The predicted molar refractivity (Wildman–Crippen MR) is 61.3 cm³/mol. The topological polar surface area (TPSA) is 32.3 Å². The molecule has 1 fully saturated rings. The van der Waals surface area contributed by atoms with E-state index >= 15 is 0 Å². The average molecular weight is 208 g/mol. The second-order valence-electron chi connectivity index (χ2n) is 4.49. The standard InChI is InChI=1S/C12H20N2O/c1-5-8-13-10-7-9-14(11(10)15)12(3,4)6-2/h2,10,13H,5,7-9H2,1,3-4H3. The van der Waals surface area contributed by atoms with Crippen LogP contribution in [0, 0.1) is 12.3 Å². The van der Waals surface area contributed by atoms with Crippen molar-refractivity contribution < 1.29 is 4.79 Å². The smallest absolute Gasteiger partial charge is 0.240 e. The number of carbonyl (C=O) groups is 1. The number of rotatable bonds is 4. The molecule has 0 spiro atoms. The molecule has 3 heteroatoms. The van der Waals surface area contributed by atoms with Gasteiger partial charge in [-0.3, -0.25) is 4.79 Å². The zero-order chi connectivity index (χ0) is 11.5. The van der Waals surface area contributed by atoms with Gasteiger partial charge in [-0.1, -0.05) is 12.8 Å². The van der Waals surface area contributed by atoms with Crippen molar-refractivity contribution in [2.75, 3.05) is 13.1 Å². The minimum absolute atomic E-state index is 0.0300. The molecule has 1 heterocycles. The van der Waals surface area contributed by atoms with Crippen molar-refractivity contribution in [3.8, 4) is 12.3 Å². The third-order valence-corrected chi connectivity index (χ3v) is 2.87. The molecule has 0 radical (unpaired) electrons. The third kappa shape index (κ3) is 2.51. The van der Waals surface area contributed by atoms with E-state index in [1.807, 2.05) is 13.8 Å². The number of amides is 1. The van der Waals surface area contributed by atoms with Crippen LogP contribution in [0.1, 0.15) is 33.6 Å². The van der Waals surface area contributed by atoms with Crippen LogP contribution in [0.25, 0.3) is 0 Å². The van der Waals surface area contributed by atoms with Gasteiger partial charge in [0.1, 0.15) is 0 Å². The predicted octanol–water partition coefficient (Wildman–Crippen LogP) is 0.999. The molecular formula is C12H20N2O. The number of carbonyl (C=O) groups excluding carboxylic acids is 1. The van der Waals surface area contributed by atoms with Crippen LogP contribution in [0.2, 0.25) is 0 Å². The summed E-state index contributed by atoms with van der Waals surface area (Å²) in [5.74, 6) is 2.81. The molecule has 0 bridgehead atoms. The van der Waals surface area contributed by atoms with Crippen LogP contribution >= 0.6 is 0 Å². The Labute approximate surface area is 92.2 Å². The number of nitrogens with zero attached hydrogens (tertiary/aromatic N) is 1. The van der Waals surface area contributed by atoms with Crippen molar-refractivity contribution in [3.63, 3.8) is 0 Å². The fourth-order valence-electron chi connectivity index (χ4n) is 1.82. The molecule has 1 saturated heterocycles. The second kappa shape index (κ2) is 4.67. The number of hydrogen-bond acceptors (Lipinski definition) is 2. The van der Waals surface area contributed by atoms with E-state index in [9.17, 15) is 4.79 Å². The van der Waals surface area contributed by atoms with Gasteiger partial charge in [-0.15, -0.1) is 6.42 Å². The number of nitrogens with one attached hydrogen (secondary N) is 1. The Kier molecular flexibility index (Phi) is 3.76. The van der Waals surface area contributed by atoms with E-state index in [-0.39, 0.29) is 11.9 Å². The molecule has 1 atom stereocenters. The van der Waals surface area contributed by atoms with Gasteiger partial charge in [-0.05, 0) is 33.2 Å². The lowest BCUT2D eigenvalue weighted by Gasteiger charge is -2.30. The first-order valence-electron chi connectivity index (χ1n) is 5.55. The maximum Gasteiger partial charge on any atom is 0.240 e. The van der Waals surface area contributed by atoms with Gasteiger partial charge in [0.05, 0.1) is 11.6 Å². The molecule has 1 aliphatic heterocycles. The maximum absolute atomic E-state index is 12.0. The van der Waals surface area contributed by atoms with Gasteiger partial charge >= 0.3 is 0 Å². The van der Waals surface area contributed by atoms with Gasteiger partial charge in [0.15, 0.2) is 0 Å². The molecule has 1 rings (SSSR count). The van der Waals surface area contributed by atoms with Gasteiger partial charge in [-0.2, -0.15) is 0 Å². The average Bonchev–Trinajstić information content (AvgIpc) is 2.57. The van der Waals surface area contributed by atoms with Crippen LogP contribution in [0.3, 0.4) is 0 Å². The van der Waals surface area contributed by atoms with Crippen LogP contribution < -0.4 is 5.32 Å². The summed E-state index contributed by atoms with van der Waals surface area (Å²) in [6.07, 6.45) is 7.34. The van der Waals surface area contributed by atoms with Gasteiger partial charge in [0.25, 0.3) is 0 Å². The van der Waals surface area contributed by atoms with E-state index in [2.05, 4.69) is 18.2 Å². The van der Waals surface area contributed by atoms with Crippen molar-refractivity contribution >= 4 is 5.91 Å². The fourth-order valence-corrected chi connectivity index (χ4v) is 1.82. The normalized spacial score (nSPS) is 21.9. The Hall–Kier alpha value is -1.01. The van der Waals surface area contributed by atoms with Crippen LogP contribution in [-0.4, -0.2) is 35.5 Å². The fraction of sp³-hybridized carbons (Fsp3) is 0.750. The van der Waals surface area contributed by atoms with Crippen LogP contribution in [0.15, 0.2) is 0 Å². The van der Waals surface area contributed by atoms with Crippen molar-refractivity contribution in [1.82, 2.24) is 10.2 Å². The van der Waals surface area contributed by atoms with E-state index in [1.54, 1.807) is 4.90 Å². The lowest BCUT2D eigenvalue weighted by Crippen LogP contribution is -2.47. The highest BCUT2D eigenvalue weighted by molar-refractivity contribution is 5.85. The molecule has 84 valence electrons. The van der Waals surface area contributed by atoms with E-state index in [4.69, 9.17) is 6.42 Å². The maximum atomic E-state index is 12.0. The first-order chi connectivity index (χ1) is 7.03. The summed E-state index contributed by atoms with van der Waals surface area (Å²) in [7, 11) is 0. The molecule has 15 heavy (non-hydrogen) atoms. The Morgan fingerprint density at radius 1 is 1.67 bits per heavy atom. The Morgan fingerprint density at radius 2 is 2.33 bits per heavy atom. The summed E-state index contributed by atoms with van der Waals surface area (Å²) in [4.78, 5) is 13.8. The highest BCUT2D eigenvalue weighted by atomic mass is 16.2. The summed E-state index contributed by atoms with van der Waals surface area (Å²) in [6, 6.07) is -0.0300.